The minimum atomic E-state index is -1.07. The van der Waals surface area contributed by atoms with Gasteiger partial charge >= 0.3 is 0 Å². The van der Waals surface area contributed by atoms with Crippen molar-refractivity contribution in [2.24, 2.45) is 11.7 Å². The molecule has 0 aliphatic heterocycles. The smallest absolute Gasteiger partial charge is 0.231 e. The molecule has 1 amide bonds. The lowest BCUT2D eigenvalue weighted by molar-refractivity contribution is -0.120. The number of carbonyl (C=O) groups is 1. The van der Waals surface area contributed by atoms with Crippen LogP contribution in [0.5, 0.6) is 0 Å². The highest BCUT2D eigenvalue weighted by Crippen LogP contribution is 2.53. The zero-order chi connectivity index (χ0) is 19.3. The number of primary amides is 1. The first-order valence-electron chi connectivity index (χ1n) is 8.36. The van der Waals surface area contributed by atoms with Crippen LogP contribution in [0, 0.1) is 24.2 Å². The van der Waals surface area contributed by atoms with Gasteiger partial charge in [-0.05, 0) is 42.7 Å². The van der Waals surface area contributed by atoms with Crippen molar-refractivity contribution in [3.05, 3.63) is 41.9 Å². The molecule has 0 radical (unpaired) electrons. The van der Waals surface area contributed by atoms with Crippen LogP contribution in [0.25, 0.3) is 22.0 Å². The fraction of sp³-hybridized carbons (Fsp3) is 0.211. The Morgan fingerprint density at radius 2 is 2.00 bits per heavy atom. The van der Waals surface area contributed by atoms with E-state index in [0.717, 1.165) is 16.7 Å². The van der Waals surface area contributed by atoms with Crippen LogP contribution in [0.2, 0.25) is 0 Å². The number of nitriles is 1. The first-order valence-corrected chi connectivity index (χ1v) is 8.36. The van der Waals surface area contributed by atoms with Crippen LogP contribution in [0.4, 0.5) is 11.4 Å². The van der Waals surface area contributed by atoms with E-state index >= 15 is 0 Å². The third-order valence-corrected chi connectivity index (χ3v) is 5.30. The molecule has 1 aromatic carbocycles. The van der Waals surface area contributed by atoms with Gasteiger partial charge in [0.2, 0.25) is 5.91 Å². The number of nitrogens with two attached hydrogens (primary N) is 3. The summed E-state index contributed by atoms with van der Waals surface area (Å²) in [4.78, 5) is 16.1. The number of fused-ring (bicyclic) bond motifs is 1. The minimum Gasteiger partial charge on any atom is -0.397 e. The van der Waals surface area contributed by atoms with Crippen LogP contribution < -0.4 is 17.2 Å². The summed E-state index contributed by atoms with van der Waals surface area (Å²) in [6, 6.07) is 7.53. The molecule has 2 heterocycles. The zero-order valence-electron chi connectivity index (χ0n) is 14.6. The Hall–Kier alpha value is -3.73. The van der Waals surface area contributed by atoms with E-state index in [1.807, 2.05) is 13.0 Å². The van der Waals surface area contributed by atoms with Gasteiger partial charge in [-0.15, -0.1) is 5.10 Å². The molecular weight excluding hydrogens is 342 g/mol. The Morgan fingerprint density at radius 1 is 1.22 bits per heavy atom. The van der Waals surface area contributed by atoms with E-state index < -0.39 is 17.2 Å². The topological polar surface area (TPSA) is 158 Å². The number of amides is 1. The van der Waals surface area contributed by atoms with Crippen LogP contribution in [0.3, 0.4) is 0 Å². The number of rotatable bonds is 3. The quantitative estimate of drug-likeness (QED) is 0.597. The Morgan fingerprint density at radius 3 is 2.67 bits per heavy atom. The van der Waals surface area contributed by atoms with Gasteiger partial charge in [0.25, 0.3) is 0 Å². The van der Waals surface area contributed by atoms with E-state index in [1.54, 1.807) is 24.5 Å². The van der Waals surface area contributed by atoms with Gasteiger partial charge < -0.3 is 17.2 Å². The Kier molecular flexibility index (Phi) is 3.49. The number of benzene rings is 1. The summed E-state index contributed by atoms with van der Waals surface area (Å²) in [5.41, 5.74) is 21.1. The summed E-state index contributed by atoms with van der Waals surface area (Å²) in [5.74, 6) is -1.05. The summed E-state index contributed by atoms with van der Waals surface area (Å²) in [6.07, 6.45) is 3.67. The summed E-state index contributed by atoms with van der Waals surface area (Å²) in [5, 5.41) is 18.2. The highest BCUT2D eigenvalue weighted by Gasteiger charge is 2.62. The number of hydrogen-bond donors (Lipinski definition) is 3. The third kappa shape index (κ3) is 2.36. The van der Waals surface area contributed by atoms with Crippen LogP contribution in [0.15, 0.2) is 30.6 Å². The van der Waals surface area contributed by atoms with E-state index in [1.165, 1.54) is 0 Å². The maximum atomic E-state index is 12.0. The van der Waals surface area contributed by atoms with Crippen molar-refractivity contribution in [1.82, 2.24) is 15.2 Å². The Bertz CT molecular complexity index is 1150. The molecule has 3 aromatic rings. The van der Waals surface area contributed by atoms with E-state index in [4.69, 9.17) is 17.2 Å². The second-order valence-corrected chi connectivity index (χ2v) is 6.86. The van der Waals surface area contributed by atoms with E-state index in [2.05, 4.69) is 21.3 Å². The monoisotopic (exact) mass is 359 g/mol. The van der Waals surface area contributed by atoms with Crippen LogP contribution in [0.1, 0.15) is 17.7 Å². The van der Waals surface area contributed by atoms with Crippen LogP contribution >= 0.6 is 0 Å². The lowest BCUT2D eigenvalue weighted by Crippen LogP contribution is -2.31. The average Bonchev–Trinajstić information content (AvgIpc) is 3.39. The molecule has 0 spiro atoms. The predicted octanol–water partition coefficient (Wildman–Crippen LogP) is 1.43. The van der Waals surface area contributed by atoms with E-state index in [-0.39, 0.29) is 0 Å². The van der Waals surface area contributed by atoms with Gasteiger partial charge in [-0.25, -0.2) is 0 Å². The average molecular weight is 359 g/mol. The van der Waals surface area contributed by atoms with Crippen molar-refractivity contribution >= 4 is 28.2 Å². The molecule has 27 heavy (non-hydrogen) atoms. The number of anilines is 2. The SMILES string of the molecule is Cc1c(N)cncc1-c1cc(N)c2nnc([C@@]3(C(N)=O)C[C@H]3C#N)cc2c1. The summed E-state index contributed by atoms with van der Waals surface area (Å²) < 4.78 is 0. The first kappa shape index (κ1) is 16.7. The van der Waals surface area contributed by atoms with Gasteiger partial charge in [0, 0.05) is 17.1 Å². The van der Waals surface area contributed by atoms with E-state index in [0.29, 0.717) is 34.4 Å². The lowest BCUT2D eigenvalue weighted by atomic mass is 9.95. The molecule has 1 saturated carbocycles. The van der Waals surface area contributed by atoms with Crippen LogP contribution in [-0.4, -0.2) is 21.1 Å². The molecule has 2 aromatic heterocycles. The van der Waals surface area contributed by atoms with Gasteiger partial charge in [-0.2, -0.15) is 10.4 Å². The molecule has 134 valence electrons. The molecule has 1 aliphatic rings. The van der Waals surface area contributed by atoms with Gasteiger partial charge in [-0.3, -0.25) is 9.78 Å². The fourth-order valence-corrected chi connectivity index (χ4v) is 3.49. The fourth-order valence-electron chi connectivity index (χ4n) is 3.49. The lowest BCUT2D eigenvalue weighted by Gasteiger charge is -2.13. The summed E-state index contributed by atoms with van der Waals surface area (Å²) in [6.45, 7) is 1.91. The van der Waals surface area contributed by atoms with Crippen molar-refractivity contribution in [2.45, 2.75) is 18.8 Å². The molecule has 8 nitrogen and oxygen atoms in total. The highest BCUT2D eigenvalue weighted by molar-refractivity contribution is 5.96. The second kappa shape index (κ2) is 5.64. The number of nitrogens with zero attached hydrogens (tertiary/aromatic N) is 4. The predicted molar refractivity (Wildman–Crippen MR) is 101 cm³/mol. The third-order valence-electron chi connectivity index (χ3n) is 5.30. The number of pyridine rings is 1. The molecule has 4 rings (SSSR count). The molecule has 0 bridgehead atoms. The molecular formula is C19H17N7O. The van der Waals surface area contributed by atoms with Crippen molar-refractivity contribution in [3.63, 3.8) is 0 Å². The van der Waals surface area contributed by atoms with Crippen molar-refractivity contribution in [1.29, 1.82) is 5.26 Å². The Balaban J connectivity index is 1.91. The number of hydrogen-bond acceptors (Lipinski definition) is 7. The Labute approximate surface area is 155 Å². The molecule has 1 fully saturated rings. The molecule has 6 N–H and O–H groups in total. The van der Waals surface area contributed by atoms with Gasteiger partial charge in [-0.1, -0.05) is 0 Å². The second-order valence-electron chi connectivity index (χ2n) is 6.86. The van der Waals surface area contributed by atoms with Crippen LogP contribution in [-0.2, 0) is 10.2 Å². The summed E-state index contributed by atoms with van der Waals surface area (Å²) >= 11 is 0. The zero-order valence-corrected chi connectivity index (χ0v) is 14.6. The normalized spacial score (nSPS) is 21.0. The number of carbonyl (C=O) groups excluding carboxylic acids is 1. The van der Waals surface area contributed by atoms with Crippen molar-refractivity contribution < 1.29 is 4.79 Å². The van der Waals surface area contributed by atoms with E-state index in [9.17, 15) is 10.1 Å². The van der Waals surface area contributed by atoms with Gasteiger partial charge in [0.05, 0.1) is 35.3 Å². The molecule has 2 atom stereocenters. The standard InChI is InChI=1S/C19H17N7O/c1-9-13(7-24-8-15(9)22)10-2-11-4-16(25-26-17(11)14(21)3-10)19(18(23)27)5-12(19)6-20/h2-4,7-8,12H,5,21-22H2,1H3,(H2,23,27)/t12-,19+/m0/s1. The summed E-state index contributed by atoms with van der Waals surface area (Å²) in [7, 11) is 0. The molecule has 0 saturated heterocycles. The number of aromatic nitrogens is 3. The van der Waals surface area contributed by atoms with Gasteiger partial charge in [0.1, 0.15) is 10.9 Å². The molecule has 0 unspecified atom stereocenters. The van der Waals surface area contributed by atoms with Crippen molar-refractivity contribution in [3.8, 4) is 17.2 Å². The van der Waals surface area contributed by atoms with Crippen molar-refractivity contribution in [2.75, 3.05) is 11.5 Å². The minimum absolute atomic E-state index is 0.354. The maximum Gasteiger partial charge on any atom is 0.231 e. The maximum absolute atomic E-state index is 12.0. The largest absolute Gasteiger partial charge is 0.397 e. The highest BCUT2D eigenvalue weighted by atomic mass is 16.1. The molecule has 8 heteroatoms. The first-order chi connectivity index (χ1) is 12.9. The number of nitrogen functional groups attached to an aromatic ring is 2. The molecule has 1 aliphatic carbocycles. The van der Waals surface area contributed by atoms with Gasteiger partial charge in [0.15, 0.2) is 0 Å².